The van der Waals surface area contributed by atoms with Gasteiger partial charge in [-0.25, -0.2) is 4.98 Å². The average Bonchev–Trinajstić information content (AvgIpc) is 3.19. The largest absolute Gasteiger partial charge is 0.494 e. The normalized spacial score (nSPS) is 10.3. The van der Waals surface area contributed by atoms with Gasteiger partial charge in [-0.3, -0.25) is 4.79 Å². The molecule has 1 amide bonds. The maximum absolute atomic E-state index is 11.8. The number of pyridine rings is 1. The Balaban J connectivity index is 1.66. The minimum absolute atomic E-state index is 0.261. The zero-order valence-electron chi connectivity index (χ0n) is 14.3. The minimum Gasteiger partial charge on any atom is -0.494 e. The molecule has 7 nitrogen and oxygen atoms in total. The van der Waals surface area contributed by atoms with E-state index in [9.17, 15) is 10.1 Å². The first-order valence-electron chi connectivity index (χ1n) is 8.24. The number of nitrogens with zero attached hydrogens (tertiary/aromatic N) is 2. The van der Waals surface area contributed by atoms with Gasteiger partial charge in [0, 0.05) is 18.5 Å². The molecule has 0 saturated carbocycles. The van der Waals surface area contributed by atoms with Crippen molar-refractivity contribution in [3.63, 3.8) is 0 Å². The summed E-state index contributed by atoms with van der Waals surface area (Å²) in [6.07, 6.45) is 1.45. The SMILES string of the molecule is CCOc1ccc2nc(NCCNC(=O)c3ccco3)c(C#N)cc2c1. The van der Waals surface area contributed by atoms with Gasteiger partial charge >= 0.3 is 0 Å². The second-order valence-corrected chi connectivity index (χ2v) is 5.44. The first kappa shape index (κ1) is 17.3. The number of furan rings is 1. The van der Waals surface area contributed by atoms with E-state index in [1.165, 1.54) is 6.26 Å². The molecule has 0 spiro atoms. The Morgan fingerprint density at radius 2 is 2.19 bits per heavy atom. The van der Waals surface area contributed by atoms with E-state index in [2.05, 4.69) is 21.7 Å². The minimum atomic E-state index is -0.285. The van der Waals surface area contributed by atoms with Crippen LogP contribution in [0.5, 0.6) is 5.75 Å². The van der Waals surface area contributed by atoms with Crippen LogP contribution in [0.3, 0.4) is 0 Å². The molecule has 0 atom stereocenters. The van der Waals surface area contributed by atoms with Gasteiger partial charge in [-0.15, -0.1) is 0 Å². The second-order valence-electron chi connectivity index (χ2n) is 5.44. The monoisotopic (exact) mass is 350 g/mol. The fraction of sp³-hybridized carbons (Fsp3) is 0.211. The third-order valence-corrected chi connectivity index (χ3v) is 3.67. The first-order chi connectivity index (χ1) is 12.7. The number of benzene rings is 1. The molecule has 1 aromatic carbocycles. The van der Waals surface area contributed by atoms with Crippen molar-refractivity contribution >= 4 is 22.6 Å². The highest BCUT2D eigenvalue weighted by molar-refractivity contribution is 5.91. The van der Waals surface area contributed by atoms with E-state index in [1.807, 2.05) is 25.1 Å². The van der Waals surface area contributed by atoms with Crippen molar-refractivity contribution in [3.05, 3.63) is 54.0 Å². The number of ether oxygens (including phenoxy) is 1. The van der Waals surface area contributed by atoms with Gasteiger partial charge in [-0.05, 0) is 43.3 Å². The second kappa shape index (κ2) is 8.03. The lowest BCUT2D eigenvalue weighted by atomic mass is 10.1. The summed E-state index contributed by atoms with van der Waals surface area (Å²) in [7, 11) is 0. The van der Waals surface area contributed by atoms with Gasteiger partial charge in [0.1, 0.15) is 17.6 Å². The Kier molecular flexibility index (Phi) is 5.34. The molecule has 0 fully saturated rings. The number of rotatable bonds is 7. The molecule has 26 heavy (non-hydrogen) atoms. The fourth-order valence-electron chi connectivity index (χ4n) is 2.48. The van der Waals surface area contributed by atoms with Crippen LogP contribution in [0, 0.1) is 11.3 Å². The van der Waals surface area contributed by atoms with Crippen molar-refractivity contribution in [1.82, 2.24) is 10.3 Å². The number of carbonyl (C=O) groups excluding carboxylic acids is 1. The summed E-state index contributed by atoms with van der Waals surface area (Å²) in [6.45, 7) is 3.29. The highest BCUT2D eigenvalue weighted by atomic mass is 16.5. The van der Waals surface area contributed by atoms with Gasteiger partial charge in [-0.2, -0.15) is 5.26 Å². The van der Waals surface area contributed by atoms with Crippen LogP contribution in [0.4, 0.5) is 5.82 Å². The molecular weight excluding hydrogens is 332 g/mol. The number of aromatic nitrogens is 1. The maximum Gasteiger partial charge on any atom is 0.287 e. The summed E-state index contributed by atoms with van der Waals surface area (Å²) >= 11 is 0. The van der Waals surface area contributed by atoms with Crippen LogP contribution >= 0.6 is 0 Å². The molecule has 2 heterocycles. The number of hydrogen-bond donors (Lipinski definition) is 2. The topological polar surface area (TPSA) is 100 Å². The molecule has 3 rings (SSSR count). The average molecular weight is 350 g/mol. The van der Waals surface area contributed by atoms with Crippen LogP contribution in [-0.2, 0) is 0 Å². The lowest BCUT2D eigenvalue weighted by Crippen LogP contribution is -2.28. The summed E-state index contributed by atoms with van der Waals surface area (Å²) in [5.74, 6) is 1.20. The van der Waals surface area contributed by atoms with Crippen molar-refractivity contribution in [2.45, 2.75) is 6.92 Å². The third kappa shape index (κ3) is 3.92. The zero-order valence-corrected chi connectivity index (χ0v) is 14.3. The number of amides is 1. The highest BCUT2D eigenvalue weighted by Gasteiger charge is 2.09. The lowest BCUT2D eigenvalue weighted by Gasteiger charge is -2.10. The van der Waals surface area contributed by atoms with Crippen LogP contribution in [-0.4, -0.2) is 30.6 Å². The van der Waals surface area contributed by atoms with E-state index in [0.717, 1.165) is 16.7 Å². The van der Waals surface area contributed by atoms with Gasteiger partial charge in [0.25, 0.3) is 5.91 Å². The van der Waals surface area contributed by atoms with Crippen molar-refractivity contribution in [2.24, 2.45) is 0 Å². The van der Waals surface area contributed by atoms with Crippen molar-refractivity contribution in [1.29, 1.82) is 5.26 Å². The van der Waals surface area contributed by atoms with Crippen LogP contribution in [0.1, 0.15) is 23.0 Å². The van der Waals surface area contributed by atoms with E-state index >= 15 is 0 Å². The predicted octanol–water partition coefficient (Wildman–Crippen LogP) is 2.94. The number of fused-ring (bicyclic) bond motifs is 1. The standard InChI is InChI=1S/C19H18N4O3/c1-2-25-15-5-6-16-13(11-15)10-14(12-20)18(23-16)21-7-8-22-19(24)17-4-3-9-26-17/h3-6,9-11H,2,7-8H2,1H3,(H,21,23)(H,22,24). The molecular formula is C19H18N4O3. The Morgan fingerprint density at radius 1 is 1.31 bits per heavy atom. The Labute approximate surface area is 150 Å². The van der Waals surface area contributed by atoms with Crippen molar-refractivity contribution in [2.75, 3.05) is 25.0 Å². The van der Waals surface area contributed by atoms with E-state index in [1.54, 1.807) is 18.2 Å². The number of nitrogens with one attached hydrogen (secondary N) is 2. The van der Waals surface area contributed by atoms with Crippen LogP contribution in [0.2, 0.25) is 0 Å². The maximum atomic E-state index is 11.8. The fourth-order valence-corrected chi connectivity index (χ4v) is 2.48. The Bertz CT molecular complexity index is 945. The van der Waals surface area contributed by atoms with E-state index in [4.69, 9.17) is 9.15 Å². The van der Waals surface area contributed by atoms with Crippen LogP contribution in [0.15, 0.2) is 47.1 Å². The Morgan fingerprint density at radius 3 is 2.92 bits per heavy atom. The molecule has 0 aliphatic carbocycles. The smallest absolute Gasteiger partial charge is 0.287 e. The molecule has 0 unspecified atom stereocenters. The number of carbonyl (C=O) groups is 1. The molecule has 0 bridgehead atoms. The molecule has 0 aliphatic heterocycles. The summed E-state index contributed by atoms with van der Waals surface area (Å²) < 4.78 is 10.5. The van der Waals surface area contributed by atoms with Gasteiger partial charge in [0.2, 0.25) is 0 Å². The summed E-state index contributed by atoms with van der Waals surface area (Å²) in [4.78, 5) is 16.3. The van der Waals surface area contributed by atoms with Gasteiger partial charge < -0.3 is 19.8 Å². The highest BCUT2D eigenvalue weighted by Crippen LogP contribution is 2.24. The van der Waals surface area contributed by atoms with Crippen molar-refractivity contribution in [3.8, 4) is 11.8 Å². The van der Waals surface area contributed by atoms with E-state index in [0.29, 0.717) is 31.1 Å². The lowest BCUT2D eigenvalue weighted by molar-refractivity contribution is 0.0927. The predicted molar refractivity (Wildman–Crippen MR) is 97.2 cm³/mol. The number of anilines is 1. The summed E-state index contributed by atoms with van der Waals surface area (Å²) in [5.41, 5.74) is 1.19. The molecule has 2 aromatic heterocycles. The quantitative estimate of drug-likeness (QED) is 0.636. The Hall–Kier alpha value is -3.53. The zero-order chi connectivity index (χ0) is 18.4. The summed E-state index contributed by atoms with van der Waals surface area (Å²) in [5, 5.41) is 16.0. The molecule has 0 radical (unpaired) electrons. The number of hydrogen-bond acceptors (Lipinski definition) is 6. The van der Waals surface area contributed by atoms with Gasteiger partial charge in [-0.1, -0.05) is 0 Å². The van der Waals surface area contributed by atoms with Gasteiger partial charge in [0.15, 0.2) is 5.76 Å². The summed E-state index contributed by atoms with van der Waals surface area (Å²) in [6, 6.07) is 12.7. The molecule has 3 aromatic rings. The van der Waals surface area contributed by atoms with Gasteiger partial charge in [0.05, 0.1) is 24.0 Å². The first-order valence-corrected chi connectivity index (χ1v) is 8.24. The van der Waals surface area contributed by atoms with E-state index in [-0.39, 0.29) is 11.7 Å². The molecule has 2 N–H and O–H groups in total. The third-order valence-electron chi connectivity index (χ3n) is 3.67. The van der Waals surface area contributed by atoms with Crippen LogP contribution < -0.4 is 15.4 Å². The van der Waals surface area contributed by atoms with Crippen LogP contribution in [0.25, 0.3) is 10.9 Å². The molecule has 7 heteroatoms. The molecule has 0 aliphatic rings. The molecule has 0 saturated heterocycles. The van der Waals surface area contributed by atoms with E-state index < -0.39 is 0 Å². The van der Waals surface area contributed by atoms with Crippen molar-refractivity contribution < 1.29 is 13.9 Å². The number of nitriles is 1. The molecule has 132 valence electrons.